The third-order valence-corrected chi connectivity index (χ3v) is 4.25. The molecule has 1 atom stereocenters. The second-order valence-corrected chi connectivity index (χ2v) is 5.84. The van der Waals surface area contributed by atoms with E-state index >= 15 is 0 Å². The molecule has 0 radical (unpaired) electrons. The Morgan fingerprint density at radius 2 is 1.92 bits per heavy atom. The normalized spacial score (nSPS) is 12.0. The van der Waals surface area contributed by atoms with Crippen molar-refractivity contribution in [3.63, 3.8) is 0 Å². The monoisotopic (exact) mass is 321 g/mol. The van der Waals surface area contributed by atoms with Crippen LogP contribution >= 0.6 is 0 Å². The van der Waals surface area contributed by atoms with E-state index in [-0.39, 0.29) is 10.6 Å². The molecule has 5 nitrogen and oxygen atoms in total. The molecule has 0 aliphatic rings. The molecule has 2 aromatic carbocycles. The lowest BCUT2D eigenvalue weighted by Gasteiger charge is -2.14. The Labute approximate surface area is 140 Å². The van der Waals surface area contributed by atoms with Gasteiger partial charge in [-0.2, -0.15) is 0 Å². The van der Waals surface area contributed by atoms with Crippen LogP contribution in [0.2, 0.25) is 0 Å². The van der Waals surface area contributed by atoms with Crippen molar-refractivity contribution in [3.8, 4) is 0 Å². The number of aromatic nitrogens is 1. The van der Waals surface area contributed by atoms with Crippen LogP contribution < -0.4 is 5.32 Å². The van der Waals surface area contributed by atoms with Crippen molar-refractivity contribution in [2.75, 3.05) is 11.9 Å². The number of hydrogen-bond acceptors (Lipinski definition) is 4. The van der Waals surface area contributed by atoms with Gasteiger partial charge < -0.3 is 5.32 Å². The molecule has 0 aliphatic heterocycles. The summed E-state index contributed by atoms with van der Waals surface area (Å²) in [5.74, 6) is 0.449. The molecule has 1 heterocycles. The van der Waals surface area contributed by atoms with Gasteiger partial charge in [0.25, 0.3) is 5.69 Å². The smallest absolute Gasteiger partial charge is 0.278 e. The predicted octanol–water partition coefficient (Wildman–Crippen LogP) is 4.75. The van der Waals surface area contributed by atoms with E-state index in [1.165, 1.54) is 11.6 Å². The molecule has 1 N–H and O–H groups in total. The molecule has 3 aromatic rings. The first-order chi connectivity index (χ1) is 11.7. The second kappa shape index (κ2) is 7.08. The number of nitro groups is 1. The van der Waals surface area contributed by atoms with Gasteiger partial charge in [-0.1, -0.05) is 37.3 Å². The minimum absolute atomic E-state index is 0.0845. The molecule has 3 rings (SSSR count). The second-order valence-electron chi connectivity index (χ2n) is 5.84. The van der Waals surface area contributed by atoms with Gasteiger partial charge in [-0.15, -0.1) is 0 Å². The summed E-state index contributed by atoms with van der Waals surface area (Å²) in [6.45, 7) is 3.00. The van der Waals surface area contributed by atoms with Crippen LogP contribution in [-0.2, 0) is 0 Å². The lowest BCUT2D eigenvalue weighted by Crippen LogP contribution is -2.06. The van der Waals surface area contributed by atoms with Crippen LogP contribution in [0.4, 0.5) is 11.4 Å². The molecule has 0 aliphatic carbocycles. The van der Waals surface area contributed by atoms with Gasteiger partial charge in [-0.3, -0.25) is 15.1 Å². The molecule has 0 spiro atoms. The molecule has 24 heavy (non-hydrogen) atoms. The number of rotatable bonds is 6. The number of pyridine rings is 1. The summed E-state index contributed by atoms with van der Waals surface area (Å²) in [7, 11) is 0. The number of benzene rings is 2. The van der Waals surface area contributed by atoms with Gasteiger partial charge in [0.2, 0.25) is 0 Å². The van der Waals surface area contributed by atoms with Crippen molar-refractivity contribution in [1.29, 1.82) is 0 Å². The van der Waals surface area contributed by atoms with E-state index in [0.717, 1.165) is 24.0 Å². The van der Waals surface area contributed by atoms with Crippen LogP contribution in [0, 0.1) is 10.1 Å². The van der Waals surface area contributed by atoms with Gasteiger partial charge in [0, 0.05) is 36.1 Å². The zero-order valence-corrected chi connectivity index (χ0v) is 13.5. The minimum Gasteiger partial charge on any atom is -0.385 e. The average molecular weight is 321 g/mol. The number of nitrogens with zero attached hydrogens (tertiary/aromatic N) is 2. The fourth-order valence-corrected chi connectivity index (χ4v) is 2.86. The Bertz CT molecular complexity index is 850. The first-order valence-corrected chi connectivity index (χ1v) is 7.97. The van der Waals surface area contributed by atoms with E-state index in [4.69, 9.17) is 0 Å². The fourth-order valence-electron chi connectivity index (χ4n) is 2.86. The van der Waals surface area contributed by atoms with Crippen molar-refractivity contribution >= 4 is 22.1 Å². The van der Waals surface area contributed by atoms with Crippen LogP contribution in [0.1, 0.15) is 24.8 Å². The summed E-state index contributed by atoms with van der Waals surface area (Å²) in [5, 5.41) is 15.9. The summed E-state index contributed by atoms with van der Waals surface area (Å²) < 4.78 is 0. The summed E-state index contributed by atoms with van der Waals surface area (Å²) in [6, 6.07) is 15.5. The third kappa shape index (κ3) is 3.35. The van der Waals surface area contributed by atoms with Crippen molar-refractivity contribution in [2.24, 2.45) is 0 Å². The molecule has 1 unspecified atom stereocenters. The number of fused-ring (bicyclic) bond motifs is 1. The van der Waals surface area contributed by atoms with E-state index in [9.17, 15) is 10.1 Å². The number of nitro benzene ring substituents is 1. The molecule has 122 valence electrons. The molecule has 5 heteroatoms. The first-order valence-electron chi connectivity index (χ1n) is 7.97. The molecule has 1 aromatic heterocycles. The summed E-state index contributed by atoms with van der Waals surface area (Å²) in [6.07, 6.45) is 4.18. The Balaban J connectivity index is 1.74. The highest BCUT2D eigenvalue weighted by molar-refractivity contribution is 5.99. The van der Waals surface area contributed by atoms with E-state index < -0.39 is 0 Å². The highest BCUT2D eigenvalue weighted by Gasteiger charge is 2.14. The molecule has 0 saturated carbocycles. The largest absolute Gasteiger partial charge is 0.385 e. The van der Waals surface area contributed by atoms with Gasteiger partial charge in [0.1, 0.15) is 0 Å². The molecule has 0 amide bonds. The number of anilines is 1. The molecular formula is C19H19N3O2. The zero-order chi connectivity index (χ0) is 16.9. The zero-order valence-electron chi connectivity index (χ0n) is 13.5. The number of hydrogen-bond donors (Lipinski definition) is 1. The van der Waals surface area contributed by atoms with E-state index in [1.54, 1.807) is 18.5 Å². The Morgan fingerprint density at radius 3 is 2.67 bits per heavy atom. The average Bonchev–Trinajstić information content (AvgIpc) is 2.62. The number of nitrogens with one attached hydrogen (secondary N) is 1. The van der Waals surface area contributed by atoms with Crippen LogP contribution in [0.25, 0.3) is 10.8 Å². The lowest BCUT2D eigenvalue weighted by molar-refractivity contribution is -0.383. The van der Waals surface area contributed by atoms with Gasteiger partial charge in [-0.05, 0) is 30.0 Å². The maximum atomic E-state index is 11.1. The third-order valence-electron chi connectivity index (χ3n) is 4.25. The molecule has 0 bridgehead atoms. The topological polar surface area (TPSA) is 68.1 Å². The maximum Gasteiger partial charge on any atom is 0.278 e. The summed E-state index contributed by atoms with van der Waals surface area (Å²) in [5.41, 5.74) is 2.30. The van der Waals surface area contributed by atoms with E-state index in [0.29, 0.717) is 11.3 Å². The van der Waals surface area contributed by atoms with Gasteiger partial charge in [0.05, 0.1) is 10.3 Å². The van der Waals surface area contributed by atoms with Crippen LogP contribution in [0.15, 0.2) is 60.9 Å². The van der Waals surface area contributed by atoms with Crippen LogP contribution in [0.5, 0.6) is 0 Å². The SMILES string of the molecule is CC(CCNc1ccc([N+](=O)[O-])c2cnccc12)c1ccccc1. The Morgan fingerprint density at radius 1 is 1.12 bits per heavy atom. The Hall–Kier alpha value is -2.95. The molecule has 0 fully saturated rings. The van der Waals surface area contributed by atoms with Crippen molar-refractivity contribution in [2.45, 2.75) is 19.3 Å². The van der Waals surface area contributed by atoms with Crippen molar-refractivity contribution in [1.82, 2.24) is 4.98 Å². The maximum absolute atomic E-state index is 11.1. The van der Waals surface area contributed by atoms with Crippen LogP contribution in [0.3, 0.4) is 0 Å². The van der Waals surface area contributed by atoms with Crippen LogP contribution in [-0.4, -0.2) is 16.5 Å². The summed E-state index contributed by atoms with van der Waals surface area (Å²) in [4.78, 5) is 14.8. The van der Waals surface area contributed by atoms with E-state index in [1.807, 2.05) is 12.1 Å². The van der Waals surface area contributed by atoms with E-state index in [2.05, 4.69) is 41.5 Å². The van der Waals surface area contributed by atoms with Crippen molar-refractivity contribution in [3.05, 3.63) is 76.6 Å². The summed E-state index contributed by atoms with van der Waals surface area (Å²) >= 11 is 0. The standard InChI is InChI=1S/C19H19N3O2/c1-14(15-5-3-2-4-6-15)9-12-21-18-7-8-19(22(23)24)17-13-20-11-10-16(17)18/h2-8,10-11,13-14,21H,9,12H2,1H3. The van der Waals surface area contributed by atoms with Crippen molar-refractivity contribution < 1.29 is 4.92 Å². The number of non-ortho nitro benzene ring substituents is 1. The highest BCUT2D eigenvalue weighted by atomic mass is 16.6. The first kappa shape index (κ1) is 15.9. The molecular weight excluding hydrogens is 302 g/mol. The molecule has 0 saturated heterocycles. The lowest BCUT2D eigenvalue weighted by atomic mass is 9.98. The fraction of sp³-hybridized carbons (Fsp3) is 0.211. The quantitative estimate of drug-likeness (QED) is 0.525. The predicted molar refractivity (Wildman–Crippen MR) is 96.4 cm³/mol. The van der Waals surface area contributed by atoms with Gasteiger partial charge >= 0.3 is 0 Å². The Kier molecular flexibility index (Phi) is 4.70. The van der Waals surface area contributed by atoms with Gasteiger partial charge in [-0.25, -0.2) is 0 Å². The van der Waals surface area contributed by atoms with Gasteiger partial charge in [0.15, 0.2) is 0 Å². The highest BCUT2D eigenvalue weighted by Crippen LogP contribution is 2.31. The minimum atomic E-state index is -0.370.